The Kier molecular flexibility index (Phi) is 6.96. The largest absolute Gasteiger partial charge is 0.407 e. The second-order valence-electron chi connectivity index (χ2n) is 9.78. The summed E-state index contributed by atoms with van der Waals surface area (Å²) in [4.78, 5) is 4.66. The second kappa shape index (κ2) is 9.90. The van der Waals surface area contributed by atoms with Crippen LogP contribution in [0.15, 0.2) is 97.5 Å². The van der Waals surface area contributed by atoms with Crippen LogP contribution in [0.2, 0.25) is 5.04 Å². The molecule has 0 atom stereocenters. The summed E-state index contributed by atoms with van der Waals surface area (Å²) in [6, 6.07) is 30.3. The zero-order valence-electron chi connectivity index (χ0n) is 20.2. The average molecular weight is 455 g/mol. The van der Waals surface area contributed by atoms with Crippen LogP contribution in [0.5, 0.6) is 0 Å². The van der Waals surface area contributed by atoms with Gasteiger partial charge in [-0.15, -0.1) is 0 Å². The molecule has 0 radical (unpaired) electrons. The average Bonchev–Trinajstić information content (AvgIpc) is 3.26. The molecule has 0 amide bonds. The van der Waals surface area contributed by atoms with E-state index in [1.165, 1.54) is 21.5 Å². The van der Waals surface area contributed by atoms with E-state index < -0.39 is 8.32 Å². The lowest BCUT2D eigenvalue weighted by Crippen LogP contribution is -2.66. The van der Waals surface area contributed by atoms with Gasteiger partial charge in [-0.3, -0.25) is 0 Å². The number of rotatable bonds is 8. The fourth-order valence-corrected chi connectivity index (χ4v) is 9.16. The number of aryl methyl sites for hydroxylation is 1. The Bertz CT molecular complexity index is 1110. The number of benzene rings is 3. The van der Waals surface area contributed by atoms with Gasteiger partial charge in [0, 0.05) is 25.8 Å². The van der Waals surface area contributed by atoms with Crippen LogP contribution in [-0.4, -0.2) is 24.5 Å². The lowest BCUT2D eigenvalue weighted by atomic mass is 10.1. The molecule has 0 saturated heterocycles. The predicted molar refractivity (Wildman–Crippen MR) is 140 cm³/mol. The molecule has 0 saturated carbocycles. The van der Waals surface area contributed by atoms with Gasteiger partial charge in [-0.25, -0.2) is 4.98 Å². The molecule has 4 rings (SSSR count). The highest BCUT2D eigenvalue weighted by molar-refractivity contribution is 6.99. The van der Waals surface area contributed by atoms with E-state index in [2.05, 4.69) is 128 Å². The normalized spacial score (nSPS) is 12.1. The van der Waals surface area contributed by atoms with Gasteiger partial charge >= 0.3 is 0 Å². The van der Waals surface area contributed by atoms with Gasteiger partial charge in [0.1, 0.15) is 0 Å². The zero-order valence-corrected chi connectivity index (χ0v) is 21.2. The van der Waals surface area contributed by atoms with E-state index in [1.54, 1.807) is 0 Å². The van der Waals surface area contributed by atoms with Crippen molar-refractivity contribution in [2.75, 3.05) is 6.61 Å². The molecular weight excluding hydrogens is 420 g/mol. The van der Waals surface area contributed by atoms with Gasteiger partial charge in [-0.2, -0.15) is 0 Å². The van der Waals surface area contributed by atoms with E-state index in [-0.39, 0.29) is 5.04 Å². The zero-order chi connectivity index (χ0) is 23.3. The van der Waals surface area contributed by atoms with Crippen LogP contribution in [0.3, 0.4) is 0 Å². The van der Waals surface area contributed by atoms with E-state index in [0.717, 1.165) is 18.7 Å². The molecule has 4 aromatic rings. The molecule has 0 bridgehead atoms. The molecular formula is C29H34N2OSi. The lowest BCUT2D eigenvalue weighted by molar-refractivity contribution is 0.300. The summed E-state index contributed by atoms with van der Waals surface area (Å²) in [5.41, 5.74) is 3.64. The van der Waals surface area contributed by atoms with Crippen molar-refractivity contribution in [1.82, 2.24) is 9.55 Å². The summed E-state index contributed by atoms with van der Waals surface area (Å²) in [5, 5.41) is 2.61. The van der Waals surface area contributed by atoms with E-state index in [4.69, 9.17) is 4.43 Å². The van der Waals surface area contributed by atoms with Gasteiger partial charge in [0.25, 0.3) is 8.32 Å². The van der Waals surface area contributed by atoms with Gasteiger partial charge in [0.15, 0.2) is 0 Å². The minimum Gasteiger partial charge on any atom is -0.407 e. The van der Waals surface area contributed by atoms with E-state index in [1.807, 2.05) is 6.33 Å². The van der Waals surface area contributed by atoms with Crippen LogP contribution >= 0.6 is 0 Å². The highest BCUT2D eigenvalue weighted by Gasteiger charge is 2.49. The first-order valence-corrected chi connectivity index (χ1v) is 13.6. The van der Waals surface area contributed by atoms with Crippen molar-refractivity contribution >= 4 is 18.7 Å². The summed E-state index contributed by atoms with van der Waals surface area (Å²) in [7, 11) is -2.50. The molecule has 3 aromatic carbocycles. The number of hydrogen-bond acceptors (Lipinski definition) is 2. The Morgan fingerprint density at radius 2 is 1.39 bits per heavy atom. The van der Waals surface area contributed by atoms with Gasteiger partial charge in [-0.05, 0) is 27.9 Å². The van der Waals surface area contributed by atoms with Gasteiger partial charge in [-0.1, -0.05) is 111 Å². The maximum Gasteiger partial charge on any atom is 0.261 e. The Hall–Kier alpha value is -2.95. The van der Waals surface area contributed by atoms with Crippen LogP contribution < -0.4 is 10.4 Å². The summed E-state index contributed by atoms with van der Waals surface area (Å²) in [6.07, 6.45) is 4.87. The first-order valence-electron chi connectivity index (χ1n) is 11.7. The second-order valence-corrected chi connectivity index (χ2v) is 14.1. The molecule has 170 valence electrons. The van der Waals surface area contributed by atoms with Crippen LogP contribution in [0, 0.1) is 6.92 Å². The van der Waals surface area contributed by atoms with Crippen molar-refractivity contribution in [1.29, 1.82) is 0 Å². The van der Waals surface area contributed by atoms with Crippen molar-refractivity contribution in [3.05, 3.63) is 114 Å². The van der Waals surface area contributed by atoms with Crippen LogP contribution in [0.4, 0.5) is 0 Å². The first kappa shape index (κ1) is 23.2. The molecule has 0 spiro atoms. The summed E-state index contributed by atoms with van der Waals surface area (Å²) in [6.45, 7) is 10.5. The third kappa shape index (κ3) is 5.18. The smallest absolute Gasteiger partial charge is 0.261 e. The Balaban J connectivity index is 1.54. The highest BCUT2D eigenvalue weighted by Crippen LogP contribution is 2.36. The quantitative estimate of drug-likeness (QED) is 0.335. The Labute approximate surface area is 199 Å². The van der Waals surface area contributed by atoms with Crippen LogP contribution in [0.1, 0.15) is 37.6 Å². The maximum absolute atomic E-state index is 7.00. The summed E-state index contributed by atoms with van der Waals surface area (Å²) in [5.74, 6) is 0. The fourth-order valence-electron chi connectivity index (χ4n) is 4.60. The number of nitrogens with zero attached hydrogens (tertiary/aromatic N) is 2. The fraction of sp³-hybridized carbons (Fsp3) is 0.276. The SMILES string of the molecule is Cc1ccc(Cn2cnc(CCO[Si](c3ccccc3)(c3ccccc3)C(C)(C)C)c2)cc1. The highest BCUT2D eigenvalue weighted by atomic mass is 28.4. The van der Waals surface area contributed by atoms with E-state index in [0.29, 0.717) is 6.61 Å². The number of hydrogen-bond donors (Lipinski definition) is 0. The monoisotopic (exact) mass is 454 g/mol. The van der Waals surface area contributed by atoms with Crippen molar-refractivity contribution in [2.45, 2.75) is 45.7 Å². The third-order valence-corrected chi connectivity index (χ3v) is 11.3. The van der Waals surface area contributed by atoms with Crippen LogP contribution in [0.25, 0.3) is 0 Å². The van der Waals surface area contributed by atoms with Gasteiger partial charge in [0.2, 0.25) is 0 Å². The standard InChI is InChI=1S/C29H34N2OSi/c1-24-15-17-25(18-16-24)21-31-22-26(30-23-31)19-20-32-33(29(2,3)4,27-11-7-5-8-12-27)28-13-9-6-10-14-28/h5-18,22-23H,19-21H2,1-4H3. The summed E-state index contributed by atoms with van der Waals surface area (Å²) >= 11 is 0. The van der Waals surface area contributed by atoms with Crippen molar-refractivity contribution < 1.29 is 4.43 Å². The molecule has 0 unspecified atom stereocenters. The Morgan fingerprint density at radius 1 is 0.818 bits per heavy atom. The molecule has 33 heavy (non-hydrogen) atoms. The molecule has 1 heterocycles. The van der Waals surface area contributed by atoms with Gasteiger partial charge in [0.05, 0.1) is 12.0 Å². The lowest BCUT2D eigenvalue weighted by Gasteiger charge is -2.43. The van der Waals surface area contributed by atoms with Crippen LogP contribution in [-0.2, 0) is 17.4 Å². The Morgan fingerprint density at radius 3 is 1.94 bits per heavy atom. The van der Waals surface area contributed by atoms with Gasteiger partial charge < -0.3 is 8.99 Å². The molecule has 1 aromatic heterocycles. The number of imidazole rings is 1. The molecule has 3 nitrogen and oxygen atoms in total. The van der Waals surface area contributed by atoms with Crippen molar-refractivity contribution in [2.24, 2.45) is 0 Å². The molecule has 0 N–H and O–H groups in total. The molecule has 0 aliphatic heterocycles. The van der Waals surface area contributed by atoms with Crippen molar-refractivity contribution in [3.63, 3.8) is 0 Å². The number of aromatic nitrogens is 2. The minimum absolute atomic E-state index is 0.0134. The van der Waals surface area contributed by atoms with E-state index in [9.17, 15) is 0 Å². The summed E-state index contributed by atoms with van der Waals surface area (Å²) < 4.78 is 9.16. The molecule has 0 aliphatic carbocycles. The first-order chi connectivity index (χ1) is 15.9. The predicted octanol–water partition coefficient (Wildman–Crippen LogP) is 5.36. The molecule has 0 fully saturated rings. The third-order valence-electron chi connectivity index (χ3n) is 6.27. The molecule has 4 heteroatoms. The molecule has 0 aliphatic rings. The minimum atomic E-state index is -2.50. The topological polar surface area (TPSA) is 27.1 Å². The van der Waals surface area contributed by atoms with Crippen molar-refractivity contribution in [3.8, 4) is 0 Å². The van der Waals surface area contributed by atoms with E-state index >= 15 is 0 Å². The maximum atomic E-state index is 7.00.